The summed E-state index contributed by atoms with van der Waals surface area (Å²) in [5, 5.41) is 7.30. The van der Waals surface area contributed by atoms with E-state index in [0.717, 1.165) is 37.4 Å². The molecule has 2 unspecified atom stereocenters. The average molecular weight is 329 g/mol. The molecule has 0 aromatic heterocycles. The summed E-state index contributed by atoms with van der Waals surface area (Å²) in [5.74, 6) is 0.861. The first-order chi connectivity index (χ1) is 9.72. The van der Waals surface area contributed by atoms with Crippen LogP contribution in [0.5, 0.6) is 0 Å². The summed E-state index contributed by atoms with van der Waals surface area (Å²) in [4.78, 5) is 12.1. The molecular weight excluding hydrogens is 307 g/mol. The molecule has 1 saturated heterocycles. The minimum absolute atomic E-state index is 0. The molecule has 1 aliphatic carbocycles. The summed E-state index contributed by atoms with van der Waals surface area (Å²) in [7, 11) is 0. The number of fused-ring (bicyclic) bond motifs is 1. The van der Waals surface area contributed by atoms with Gasteiger partial charge in [-0.1, -0.05) is 17.7 Å². The summed E-state index contributed by atoms with van der Waals surface area (Å²) in [6.07, 6.45) is 4.85. The first-order valence-electron chi connectivity index (χ1n) is 7.51. The Balaban J connectivity index is 0.00000161. The zero-order valence-electron chi connectivity index (χ0n) is 12.0. The van der Waals surface area contributed by atoms with Gasteiger partial charge in [0.25, 0.3) is 0 Å². The lowest BCUT2D eigenvalue weighted by Gasteiger charge is -2.15. The number of halogens is 2. The Hall–Kier alpha value is -0.770. The van der Waals surface area contributed by atoms with Crippen molar-refractivity contribution < 1.29 is 4.79 Å². The molecule has 0 spiro atoms. The second-order valence-corrected chi connectivity index (χ2v) is 6.34. The quantitative estimate of drug-likeness (QED) is 0.890. The van der Waals surface area contributed by atoms with E-state index in [-0.39, 0.29) is 24.4 Å². The predicted molar refractivity (Wildman–Crippen MR) is 88.1 cm³/mol. The molecule has 0 saturated carbocycles. The lowest BCUT2D eigenvalue weighted by atomic mass is 10.0. The number of hydrogen-bond acceptors (Lipinski definition) is 2. The number of carbonyl (C=O) groups is 1. The first kappa shape index (κ1) is 16.6. The average Bonchev–Trinajstić information content (AvgIpc) is 3.06. The highest BCUT2D eigenvalue weighted by Gasteiger charge is 2.24. The van der Waals surface area contributed by atoms with Gasteiger partial charge in [0.1, 0.15) is 0 Å². The van der Waals surface area contributed by atoms with Gasteiger partial charge in [0, 0.05) is 11.4 Å². The Kier molecular flexibility index (Phi) is 5.91. The standard InChI is InChI=1S/C16H21ClN2O.ClH/c17-13-3-4-14-12(9-13)2-5-15(14)19-16(20)6-1-11-7-8-18-10-11;/h3-4,9,11,15,18H,1-2,5-8,10H2,(H,19,20);1H. The third-order valence-electron chi connectivity index (χ3n) is 4.46. The summed E-state index contributed by atoms with van der Waals surface area (Å²) >= 11 is 6.01. The molecule has 1 aliphatic heterocycles. The monoisotopic (exact) mass is 328 g/mol. The maximum absolute atomic E-state index is 12.1. The van der Waals surface area contributed by atoms with Crippen molar-refractivity contribution in [1.82, 2.24) is 10.6 Å². The number of amides is 1. The third-order valence-corrected chi connectivity index (χ3v) is 4.70. The topological polar surface area (TPSA) is 41.1 Å². The van der Waals surface area contributed by atoms with E-state index in [1.54, 1.807) is 0 Å². The highest BCUT2D eigenvalue weighted by Crippen LogP contribution is 2.32. The second-order valence-electron chi connectivity index (χ2n) is 5.90. The molecule has 1 fully saturated rings. The van der Waals surface area contributed by atoms with Crippen LogP contribution in [0.2, 0.25) is 5.02 Å². The zero-order valence-corrected chi connectivity index (χ0v) is 13.6. The third kappa shape index (κ3) is 4.12. The molecule has 1 amide bonds. The number of hydrogen-bond donors (Lipinski definition) is 2. The molecule has 0 bridgehead atoms. The van der Waals surface area contributed by atoms with Gasteiger partial charge in [0.2, 0.25) is 5.91 Å². The van der Waals surface area contributed by atoms with Crippen molar-refractivity contribution in [3.63, 3.8) is 0 Å². The van der Waals surface area contributed by atoms with Crippen LogP contribution in [0.25, 0.3) is 0 Å². The van der Waals surface area contributed by atoms with Crippen LogP contribution in [0.1, 0.15) is 42.9 Å². The van der Waals surface area contributed by atoms with E-state index < -0.39 is 0 Å². The highest BCUT2D eigenvalue weighted by atomic mass is 35.5. The van der Waals surface area contributed by atoms with Crippen molar-refractivity contribution in [2.45, 2.75) is 38.1 Å². The van der Waals surface area contributed by atoms with E-state index in [1.807, 2.05) is 12.1 Å². The molecule has 5 heteroatoms. The van der Waals surface area contributed by atoms with E-state index in [9.17, 15) is 4.79 Å². The molecule has 1 aromatic carbocycles. The maximum Gasteiger partial charge on any atom is 0.220 e. The van der Waals surface area contributed by atoms with E-state index in [4.69, 9.17) is 11.6 Å². The van der Waals surface area contributed by atoms with Crippen LogP contribution in [0.15, 0.2) is 18.2 Å². The fourth-order valence-electron chi connectivity index (χ4n) is 3.30. The molecule has 1 aromatic rings. The lowest BCUT2D eigenvalue weighted by molar-refractivity contribution is -0.122. The van der Waals surface area contributed by atoms with Gasteiger partial charge in [0.05, 0.1) is 6.04 Å². The Morgan fingerprint density at radius 3 is 3.00 bits per heavy atom. The van der Waals surface area contributed by atoms with E-state index in [2.05, 4.69) is 16.7 Å². The Bertz CT molecular complexity index is 501. The van der Waals surface area contributed by atoms with Crippen LogP contribution in [-0.4, -0.2) is 19.0 Å². The molecule has 3 rings (SSSR count). The fourth-order valence-corrected chi connectivity index (χ4v) is 3.49. The van der Waals surface area contributed by atoms with Crippen molar-refractivity contribution in [2.75, 3.05) is 13.1 Å². The molecule has 21 heavy (non-hydrogen) atoms. The lowest BCUT2D eigenvalue weighted by Crippen LogP contribution is -2.27. The molecule has 0 radical (unpaired) electrons. The summed E-state index contributed by atoms with van der Waals surface area (Å²) in [6.45, 7) is 2.17. The van der Waals surface area contributed by atoms with Gasteiger partial charge in [-0.25, -0.2) is 0 Å². The fraction of sp³-hybridized carbons (Fsp3) is 0.562. The molecule has 1 heterocycles. The van der Waals surface area contributed by atoms with Crippen LogP contribution in [0.3, 0.4) is 0 Å². The molecule has 3 nitrogen and oxygen atoms in total. The van der Waals surface area contributed by atoms with E-state index in [1.165, 1.54) is 17.5 Å². The van der Waals surface area contributed by atoms with E-state index >= 15 is 0 Å². The minimum atomic E-state index is 0. The van der Waals surface area contributed by atoms with Gasteiger partial charge in [0.15, 0.2) is 0 Å². The maximum atomic E-state index is 12.1. The van der Waals surface area contributed by atoms with Crippen LogP contribution in [0, 0.1) is 5.92 Å². The van der Waals surface area contributed by atoms with Crippen LogP contribution >= 0.6 is 24.0 Å². The zero-order chi connectivity index (χ0) is 13.9. The first-order valence-corrected chi connectivity index (χ1v) is 7.88. The summed E-state index contributed by atoms with van der Waals surface area (Å²) < 4.78 is 0. The van der Waals surface area contributed by atoms with Crippen molar-refractivity contribution in [2.24, 2.45) is 5.92 Å². The number of benzene rings is 1. The number of nitrogens with one attached hydrogen (secondary N) is 2. The van der Waals surface area contributed by atoms with Gasteiger partial charge in [-0.2, -0.15) is 0 Å². The number of rotatable bonds is 4. The van der Waals surface area contributed by atoms with Gasteiger partial charge >= 0.3 is 0 Å². The normalized spacial score (nSPS) is 23.5. The molecule has 116 valence electrons. The second kappa shape index (κ2) is 7.48. The minimum Gasteiger partial charge on any atom is -0.349 e. The molecule has 2 atom stereocenters. The molecule has 2 N–H and O–H groups in total. The summed E-state index contributed by atoms with van der Waals surface area (Å²) in [6, 6.07) is 6.16. The van der Waals surface area contributed by atoms with Crippen molar-refractivity contribution >= 4 is 29.9 Å². The van der Waals surface area contributed by atoms with Crippen LogP contribution in [0.4, 0.5) is 0 Å². The van der Waals surface area contributed by atoms with E-state index in [0.29, 0.717) is 12.3 Å². The van der Waals surface area contributed by atoms with Gasteiger partial charge < -0.3 is 10.6 Å². The van der Waals surface area contributed by atoms with Crippen LogP contribution < -0.4 is 10.6 Å². The summed E-state index contributed by atoms with van der Waals surface area (Å²) in [5.41, 5.74) is 2.52. The van der Waals surface area contributed by atoms with Crippen LogP contribution in [-0.2, 0) is 11.2 Å². The number of carbonyl (C=O) groups excluding carboxylic acids is 1. The highest BCUT2D eigenvalue weighted by molar-refractivity contribution is 6.30. The van der Waals surface area contributed by atoms with Gasteiger partial charge in [-0.3, -0.25) is 4.79 Å². The molecular formula is C16H22Cl2N2O. The SMILES string of the molecule is Cl.O=C(CCC1CCNC1)NC1CCc2cc(Cl)ccc21. The Morgan fingerprint density at radius 1 is 1.38 bits per heavy atom. The van der Waals surface area contributed by atoms with Crippen molar-refractivity contribution in [1.29, 1.82) is 0 Å². The smallest absolute Gasteiger partial charge is 0.220 e. The van der Waals surface area contributed by atoms with Crippen molar-refractivity contribution in [3.05, 3.63) is 34.3 Å². The van der Waals surface area contributed by atoms with Gasteiger partial charge in [-0.15, -0.1) is 12.4 Å². The Morgan fingerprint density at radius 2 is 2.24 bits per heavy atom. The molecule has 2 aliphatic rings. The largest absolute Gasteiger partial charge is 0.349 e. The van der Waals surface area contributed by atoms with Crippen molar-refractivity contribution in [3.8, 4) is 0 Å². The Labute approximate surface area is 137 Å². The number of aryl methyl sites for hydroxylation is 1. The predicted octanol–water partition coefficient (Wildman–Crippen LogP) is 3.26. The van der Waals surface area contributed by atoms with Gasteiger partial charge in [-0.05, 0) is 68.0 Å².